The van der Waals surface area contributed by atoms with Crippen molar-refractivity contribution in [3.05, 3.63) is 53.6 Å². The molecule has 0 atom stereocenters. The predicted molar refractivity (Wildman–Crippen MR) is 91.8 cm³/mol. The van der Waals surface area contributed by atoms with Gasteiger partial charge in [0.1, 0.15) is 17.2 Å². The average Bonchev–Trinajstić information content (AvgIpc) is 2.66. The lowest BCUT2D eigenvalue weighted by Crippen LogP contribution is -2.13. The van der Waals surface area contributed by atoms with E-state index in [4.69, 9.17) is 18.9 Å². The molecule has 0 spiro atoms. The van der Waals surface area contributed by atoms with Crippen LogP contribution < -0.4 is 14.2 Å². The van der Waals surface area contributed by atoms with Gasteiger partial charge < -0.3 is 18.9 Å². The predicted octanol–water partition coefficient (Wildman–Crippen LogP) is 3.14. The molecule has 0 N–H and O–H groups in total. The second-order valence-corrected chi connectivity index (χ2v) is 5.02. The van der Waals surface area contributed by atoms with Crippen molar-refractivity contribution in [2.24, 2.45) is 0 Å². The Morgan fingerprint density at radius 2 is 1.60 bits per heavy atom. The number of ketones is 1. The van der Waals surface area contributed by atoms with Gasteiger partial charge >= 0.3 is 5.97 Å². The van der Waals surface area contributed by atoms with E-state index in [0.717, 1.165) is 0 Å². The van der Waals surface area contributed by atoms with E-state index in [1.165, 1.54) is 14.2 Å². The minimum absolute atomic E-state index is 0.164. The molecule has 0 aromatic heterocycles. The Kier molecular flexibility index (Phi) is 6.39. The lowest BCUT2D eigenvalue weighted by atomic mass is 10.1. The Hall–Kier alpha value is -3.02. The first-order valence-corrected chi connectivity index (χ1v) is 7.74. The van der Waals surface area contributed by atoms with E-state index in [0.29, 0.717) is 35.0 Å². The van der Waals surface area contributed by atoms with Crippen molar-refractivity contribution >= 4 is 11.8 Å². The largest absolute Gasteiger partial charge is 0.497 e. The van der Waals surface area contributed by atoms with E-state index >= 15 is 0 Å². The van der Waals surface area contributed by atoms with Crippen LogP contribution in [-0.4, -0.2) is 39.2 Å². The lowest BCUT2D eigenvalue weighted by Gasteiger charge is -2.11. The van der Waals surface area contributed by atoms with Crippen molar-refractivity contribution in [2.75, 3.05) is 27.4 Å². The number of carbonyl (C=O) groups is 2. The molecule has 0 heterocycles. The van der Waals surface area contributed by atoms with Crippen LogP contribution in [0.5, 0.6) is 17.2 Å². The van der Waals surface area contributed by atoms with Crippen LogP contribution in [0.4, 0.5) is 0 Å². The highest BCUT2D eigenvalue weighted by molar-refractivity contribution is 6.00. The third kappa shape index (κ3) is 4.73. The van der Waals surface area contributed by atoms with Gasteiger partial charge in [-0.1, -0.05) is 0 Å². The molecule has 0 amide bonds. The summed E-state index contributed by atoms with van der Waals surface area (Å²) in [5.41, 5.74) is 0.806. The number of hydrogen-bond donors (Lipinski definition) is 0. The van der Waals surface area contributed by atoms with Gasteiger partial charge in [-0.05, 0) is 49.4 Å². The molecular weight excluding hydrogens is 324 g/mol. The number of hydrogen-bond acceptors (Lipinski definition) is 6. The molecular formula is C19H20O6. The highest BCUT2D eigenvalue weighted by atomic mass is 16.5. The molecule has 0 saturated carbocycles. The Morgan fingerprint density at radius 1 is 0.920 bits per heavy atom. The normalized spacial score (nSPS) is 10.0. The second kappa shape index (κ2) is 8.73. The van der Waals surface area contributed by atoms with Crippen molar-refractivity contribution in [3.63, 3.8) is 0 Å². The molecule has 0 fully saturated rings. The van der Waals surface area contributed by atoms with Gasteiger partial charge in [-0.15, -0.1) is 0 Å². The molecule has 2 aromatic carbocycles. The van der Waals surface area contributed by atoms with Crippen LogP contribution in [0.15, 0.2) is 42.5 Å². The number of rotatable bonds is 8. The van der Waals surface area contributed by atoms with Gasteiger partial charge in [0, 0.05) is 0 Å². The van der Waals surface area contributed by atoms with Crippen molar-refractivity contribution in [1.82, 2.24) is 0 Å². The fraction of sp³-hybridized carbons (Fsp3) is 0.263. The molecule has 132 valence electrons. The molecule has 6 heteroatoms. The lowest BCUT2D eigenvalue weighted by molar-refractivity contribution is 0.0526. The van der Waals surface area contributed by atoms with Crippen molar-refractivity contribution in [2.45, 2.75) is 6.92 Å². The SMILES string of the molecule is CCOC(=O)c1ccc(OCC(=O)c2cc(OC)ccc2OC)cc1. The van der Waals surface area contributed by atoms with E-state index in [2.05, 4.69) is 0 Å². The van der Waals surface area contributed by atoms with Gasteiger partial charge in [-0.25, -0.2) is 4.79 Å². The Bertz CT molecular complexity index is 736. The zero-order valence-electron chi connectivity index (χ0n) is 14.4. The highest BCUT2D eigenvalue weighted by Gasteiger charge is 2.15. The summed E-state index contributed by atoms with van der Waals surface area (Å²) in [4.78, 5) is 24.0. The maximum absolute atomic E-state index is 12.4. The first-order valence-electron chi connectivity index (χ1n) is 7.74. The van der Waals surface area contributed by atoms with Gasteiger partial charge in [0.25, 0.3) is 0 Å². The summed E-state index contributed by atoms with van der Waals surface area (Å²) >= 11 is 0. The van der Waals surface area contributed by atoms with Gasteiger partial charge in [0.2, 0.25) is 5.78 Å². The fourth-order valence-corrected chi connectivity index (χ4v) is 2.16. The first kappa shape index (κ1) is 18.3. The van der Waals surface area contributed by atoms with Crippen LogP contribution in [0, 0.1) is 0 Å². The number of esters is 1. The van der Waals surface area contributed by atoms with Crippen LogP contribution in [0.25, 0.3) is 0 Å². The molecule has 2 rings (SSSR count). The Morgan fingerprint density at radius 3 is 2.20 bits per heavy atom. The van der Waals surface area contributed by atoms with Crippen LogP contribution in [0.1, 0.15) is 27.6 Å². The molecule has 6 nitrogen and oxygen atoms in total. The number of ether oxygens (including phenoxy) is 4. The standard InChI is InChI=1S/C19H20O6/c1-4-24-19(21)13-5-7-14(8-6-13)25-12-17(20)16-11-15(22-2)9-10-18(16)23-3/h5-11H,4,12H2,1-3H3. The van der Waals surface area contributed by atoms with Gasteiger partial charge in [0.15, 0.2) is 6.61 Å². The summed E-state index contributed by atoms with van der Waals surface area (Å²) in [5, 5.41) is 0. The summed E-state index contributed by atoms with van der Waals surface area (Å²) in [6.07, 6.45) is 0. The number of benzene rings is 2. The van der Waals surface area contributed by atoms with Crippen LogP contribution in [0.3, 0.4) is 0 Å². The maximum atomic E-state index is 12.4. The molecule has 0 bridgehead atoms. The van der Waals surface area contributed by atoms with E-state index in [9.17, 15) is 9.59 Å². The molecule has 0 aliphatic rings. The minimum atomic E-state index is -0.397. The second-order valence-electron chi connectivity index (χ2n) is 5.02. The van der Waals surface area contributed by atoms with Crippen LogP contribution >= 0.6 is 0 Å². The smallest absolute Gasteiger partial charge is 0.338 e. The average molecular weight is 344 g/mol. The van der Waals surface area contributed by atoms with Gasteiger partial charge in [-0.2, -0.15) is 0 Å². The summed E-state index contributed by atoms with van der Waals surface area (Å²) in [7, 11) is 3.02. The quantitative estimate of drug-likeness (QED) is 0.541. The van der Waals surface area contributed by atoms with Gasteiger partial charge in [0.05, 0.1) is 32.0 Å². The minimum Gasteiger partial charge on any atom is -0.497 e. The maximum Gasteiger partial charge on any atom is 0.338 e. The zero-order chi connectivity index (χ0) is 18.2. The van der Waals surface area contributed by atoms with E-state index in [-0.39, 0.29) is 12.4 Å². The molecule has 0 saturated heterocycles. The topological polar surface area (TPSA) is 71.1 Å². The Balaban J connectivity index is 2.03. The number of methoxy groups -OCH3 is 2. The zero-order valence-corrected chi connectivity index (χ0v) is 14.4. The van der Waals surface area contributed by atoms with E-state index in [1.807, 2.05) is 0 Å². The molecule has 0 radical (unpaired) electrons. The summed E-state index contributed by atoms with van der Waals surface area (Å²) < 4.78 is 20.7. The number of Topliss-reactive ketones (excluding diaryl/α,β-unsaturated/α-hetero) is 1. The molecule has 25 heavy (non-hydrogen) atoms. The molecule has 0 aliphatic carbocycles. The monoisotopic (exact) mass is 344 g/mol. The van der Waals surface area contributed by atoms with Crippen molar-refractivity contribution in [3.8, 4) is 17.2 Å². The third-order valence-electron chi connectivity index (χ3n) is 3.44. The van der Waals surface area contributed by atoms with E-state index < -0.39 is 5.97 Å². The van der Waals surface area contributed by atoms with Gasteiger partial charge in [-0.3, -0.25) is 4.79 Å². The Labute approximate surface area is 146 Å². The summed E-state index contributed by atoms with van der Waals surface area (Å²) in [5.74, 6) is 0.842. The molecule has 0 aliphatic heterocycles. The fourth-order valence-electron chi connectivity index (χ4n) is 2.16. The summed E-state index contributed by atoms with van der Waals surface area (Å²) in [6.45, 7) is 1.89. The van der Waals surface area contributed by atoms with Crippen LogP contribution in [0.2, 0.25) is 0 Å². The number of carbonyl (C=O) groups excluding carboxylic acids is 2. The van der Waals surface area contributed by atoms with E-state index in [1.54, 1.807) is 49.4 Å². The first-order chi connectivity index (χ1) is 12.1. The van der Waals surface area contributed by atoms with Crippen LogP contribution in [-0.2, 0) is 4.74 Å². The van der Waals surface area contributed by atoms with Crippen molar-refractivity contribution < 1.29 is 28.5 Å². The van der Waals surface area contributed by atoms with Crippen molar-refractivity contribution in [1.29, 1.82) is 0 Å². The third-order valence-corrected chi connectivity index (χ3v) is 3.44. The molecule has 2 aromatic rings. The summed E-state index contributed by atoms with van der Waals surface area (Å²) in [6, 6.07) is 11.4. The highest BCUT2D eigenvalue weighted by Crippen LogP contribution is 2.24. The molecule has 0 unspecified atom stereocenters.